The Morgan fingerprint density at radius 2 is 2.38 bits per heavy atom. The van der Waals surface area contributed by atoms with Crippen LogP contribution in [0, 0.1) is 0 Å². The summed E-state index contributed by atoms with van der Waals surface area (Å²) in [5.41, 5.74) is 4.16. The third-order valence-corrected chi connectivity index (χ3v) is 2.98. The second kappa shape index (κ2) is 3.14. The number of nitrogens with zero attached hydrogens (tertiary/aromatic N) is 2. The minimum Gasteiger partial charge on any atom is -0.313 e. The maximum Gasteiger partial charge on any atom is 0.0672 e. The molecule has 2 rings (SSSR count). The monoisotopic (exact) mass is 179 g/mol. The normalized spacial score (nSPS) is 20.7. The summed E-state index contributed by atoms with van der Waals surface area (Å²) in [6.45, 7) is 2.17. The van der Waals surface area contributed by atoms with Gasteiger partial charge in [-0.2, -0.15) is 5.10 Å². The Morgan fingerprint density at radius 3 is 3.00 bits per heavy atom. The van der Waals surface area contributed by atoms with E-state index in [1.54, 1.807) is 0 Å². The molecule has 0 saturated heterocycles. The van der Waals surface area contributed by atoms with Gasteiger partial charge < -0.3 is 5.32 Å². The maximum absolute atomic E-state index is 4.53. The van der Waals surface area contributed by atoms with E-state index in [0.29, 0.717) is 6.04 Å². The summed E-state index contributed by atoms with van der Waals surface area (Å²) >= 11 is 0. The highest BCUT2D eigenvalue weighted by atomic mass is 15.3. The van der Waals surface area contributed by atoms with Crippen LogP contribution < -0.4 is 5.32 Å². The number of hydrogen-bond donors (Lipinski definition) is 1. The lowest BCUT2D eigenvalue weighted by atomic mass is 10.1. The van der Waals surface area contributed by atoms with Crippen molar-refractivity contribution in [2.75, 3.05) is 7.05 Å². The number of aryl methyl sites for hydroxylation is 2. The first-order chi connectivity index (χ1) is 6.27. The average molecular weight is 179 g/mol. The van der Waals surface area contributed by atoms with E-state index in [2.05, 4.69) is 24.4 Å². The van der Waals surface area contributed by atoms with E-state index in [1.165, 1.54) is 29.8 Å². The van der Waals surface area contributed by atoms with Crippen LogP contribution in [0.4, 0.5) is 0 Å². The van der Waals surface area contributed by atoms with Gasteiger partial charge in [0.25, 0.3) is 0 Å². The first kappa shape index (κ1) is 8.75. The Morgan fingerprint density at radius 1 is 1.62 bits per heavy atom. The molecule has 3 heteroatoms. The largest absolute Gasteiger partial charge is 0.313 e. The van der Waals surface area contributed by atoms with E-state index in [0.717, 1.165) is 6.42 Å². The predicted octanol–water partition coefficient (Wildman–Crippen LogP) is 1.19. The summed E-state index contributed by atoms with van der Waals surface area (Å²) in [6, 6.07) is 0.540. The molecule has 1 aliphatic rings. The second-order valence-electron chi connectivity index (χ2n) is 3.66. The number of fused-ring (bicyclic) bond motifs is 1. The van der Waals surface area contributed by atoms with Crippen molar-refractivity contribution in [2.45, 2.75) is 32.2 Å². The van der Waals surface area contributed by atoms with Crippen molar-refractivity contribution in [3.8, 4) is 0 Å². The molecule has 0 saturated carbocycles. The highest BCUT2D eigenvalue weighted by Crippen LogP contribution is 2.33. The van der Waals surface area contributed by atoms with E-state index in [4.69, 9.17) is 0 Å². The Bertz CT molecular complexity index is 314. The molecule has 1 aromatic rings. The number of nitrogens with one attached hydrogen (secondary N) is 1. The van der Waals surface area contributed by atoms with Crippen LogP contribution in [0.1, 0.15) is 36.3 Å². The first-order valence-corrected chi connectivity index (χ1v) is 4.99. The van der Waals surface area contributed by atoms with Crippen LogP contribution in [-0.2, 0) is 19.9 Å². The Labute approximate surface area is 79.1 Å². The van der Waals surface area contributed by atoms with Crippen LogP contribution in [0.3, 0.4) is 0 Å². The SMILES string of the molecule is CCc1nn(C)c2c1C(NC)CC2. The molecule has 1 unspecified atom stereocenters. The molecule has 0 radical (unpaired) electrons. The van der Waals surface area contributed by atoms with Crippen molar-refractivity contribution < 1.29 is 0 Å². The molecule has 1 N–H and O–H groups in total. The molecule has 0 spiro atoms. The van der Waals surface area contributed by atoms with Crippen LogP contribution in [0.2, 0.25) is 0 Å². The van der Waals surface area contributed by atoms with Gasteiger partial charge in [-0.1, -0.05) is 6.92 Å². The lowest BCUT2D eigenvalue weighted by molar-refractivity contribution is 0.574. The zero-order valence-electron chi connectivity index (χ0n) is 8.59. The van der Waals surface area contributed by atoms with Gasteiger partial charge in [-0.05, 0) is 26.3 Å². The number of rotatable bonds is 2. The third kappa shape index (κ3) is 1.18. The Hall–Kier alpha value is -0.830. The summed E-state index contributed by atoms with van der Waals surface area (Å²) in [5, 5.41) is 7.88. The molecule has 0 aromatic carbocycles. The van der Waals surface area contributed by atoms with Gasteiger partial charge in [-0.25, -0.2) is 0 Å². The second-order valence-corrected chi connectivity index (χ2v) is 3.66. The number of hydrogen-bond acceptors (Lipinski definition) is 2. The van der Waals surface area contributed by atoms with E-state index in [1.807, 2.05) is 11.7 Å². The lowest BCUT2D eigenvalue weighted by Gasteiger charge is -2.08. The molecular weight excluding hydrogens is 162 g/mol. The van der Waals surface area contributed by atoms with Crippen molar-refractivity contribution >= 4 is 0 Å². The van der Waals surface area contributed by atoms with Gasteiger partial charge in [0, 0.05) is 24.3 Å². The smallest absolute Gasteiger partial charge is 0.0672 e. The van der Waals surface area contributed by atoms with Crippen LogP contribution in [-0.4, -0.2) is 16.8 Å². The van der Waals surface area contributed by atoms with E-state index >= 15 is 0 Å². The molecule has 1 atom stereocenters. The topological polar surface area (TPSA) is 29.9 Å². The van der Waals surface area contributed by atoms with Gasteiger partial charge in [0.15, 0.2) is 0 Å². The van der Waals surface area contributed by atoms with Gasteiger partial charge in [0.1, 0.15) is 0 Å². The zero-order valence-corrected chi connectivity index (χ0v) is 8.59. The van der Waals surface area contributed by atoms with E-state index in [9.17, 15) is 0 Å². The number of aromatic nitrogens is 2. The van der Waals surface area contributed by atoms with E-state index in [-0.39, 0.29) is 0 Å². The molecule has 0 bridgehead atoms. The van der Waals surface area contributed by atoms with Crippen molar-refractivity contribution in [3.63, 3.8) is 0 Å². The molecule has 1 heterocycles. The van der Waals surface area contributed by atoms with Gasteiger partial charge in [-0.3, -0.25) is 4.68 Å². The van der Waals surface area contributed by atoms with Crippen molar-refractivity contribution in [1.82, 2.24) is 15.1 Å². The Kier molecular flexibility index (Phi) is 2.12. The predicted molar refractivity (Wildman–Crippen MR) is 52.7 cm³/mol. The summed E-state index contributed by atoms with van der Waals surface area (Å²) in [4.78, 5) is 0. The van der Waals surface area contributed by atoms with Crippen molar-refractivity contribution in [3.05, 3.63) is 17.0 Å². The highest BCUT2D eigenvalue weighted by molar-refractivity contribution is 5.34. The van der Waals surface area contributed by atoms with E-state index < -0.39 is 0 Å². The lowest BCUT2D eigenvalue weighted by Crippen LogP contribution is -2.14. The standard InChI is InChI=1S/C10H17N3/c1-4-7-10-8(11-2)5-6-9(10)13(3)12-7/h8,11H,4-6H2,1-3H3. The first-order valence-electron chi connectivity index (χ1n) is 4.99. The van der Waals surface area contributed by atoms with Gasteiger partial charge >= 0.3 is 0 Å². The highest BCUT2D eigenvalue weighted by Gasteiger charge is 2.27. The summed E-state index contributed by atoms with van der Waals surface area (Å²) in [6.07, 6.45) is 3.44. The molecule has 0 aliphatic heterocycles. The van der Waals surface area contributed by atoms with Gasteiger partial charge in [0.05, 0.1) is 5.69 Å². The van der Waals surface area contributed by atoms with Gasteiger partial charge in [-0.15, -0.1) is 0 Å². The third-order valence-electron chi connectivity index (χ3n) is 2.98. The zero-order chi connectivity index (χ0) is 9.42. The molecule has 0 amide bonds. The summed E-state index contributed by atoms with van der Waals surface area (Å²) < 4.78 is 2.05. The summed E-state index contributed by atoms with van der Waals surface area (Å²) in [7, 11) is 4.09. The van der Waals surface area contributed by atoms with Crippen LogP contribution in [0.25, 0.3) is 0 Å². The molecule has 1 aromatic heterocycles. The minimum absolute atomic E-state index is 0.540. The molecule has 1 aliphatic carbocycles. The average Bonchev–Trinajstić information content (AvgIpc) is 2.67. The maximum atomic E-state index is 4.53. The van der Waals surface area contributed by atoms with Crippen molar-refractivity contribution in [2.24, 2.45) is 7.05 Å². The molecule has 3 nitrogen and oxygen atoms in total. The molecule has 0 fully saturated rings. The molecule has 72 valence electrons. The fourth-order valence-corrected chi connectivity index (χ4v) is 2.31. The van der Waals surface area contributed by atoms with Crippen LogP contribution in [0.15, 0.2) is 0 Å². The quantitative estimate of drug-likeness (QED) is 0.739. The fraction of sp³-hybridized carbons (Fsp3) is 0.700. The minimum atomic E-state index is 0.540. The summed E-state index contributed by atoms with van der Waals surface area (Å²) in [5.74, 6) is 0. The van der Waals surface area contributed by atoms with Crippen molar-refractivity contribution in [1.29, 1.82) is 0 Å². The molecule has 13 heavy (non-hydrogen) atoms. The van der Waals surface area contributed by atoms with Crippen LogP contribution in [0.5, 0.6) is 0 Å². The van der Waals surface area contributed by atoms with Crippen LogP contribution >= 0.6 is 0 Å². The fourth-order valence-electron chi connectivity index (χ4n) is 2.31. The Balaban J connectivity index is 2.47. The van der Waals surface area contributed by atoms with Gasteiger partial charge in [0.2, 0.25) is 0 Å². The molecular formula is C10H17N3.